The largest absolute Gasteiger partial charge is 0.743 e. The van der Waals surface area contributed by atoms with E-state index in [1.807, 2.05) is 0 Å². The van der Waals surface area contributed by atoms with Crippen molar-refractivity contribution in [3.05, 3.63) is 0 Å². The lowest BCUT2D eigenvalue weighted by Crippen LogP contribution is -2.38. The summed E-state index contributed by atoms with van der Waals surface area (Å²) in [6.45, 7) is -1.43. The molecule has 1 N–H and O–H groups in total. The average Bonchev–Trinajstić information content (AvgIpc) is 2.94. The number of carbonyl (C=O) groups excluding carboxylic acids is 1. The van der Waals surface area contributed by atoms with E-state index >= 15 is 0 Å². The van der Waals surface area contributed by atoms with Crippen LogP contribution >= 0.6 is 0 Å². The van der Waals surface area contributed by atoms with E-state index in [0.717, 1.165) is 19.3 Å². The van der Waals surface area contributed by atoms with E-state index in [2.05, 4.69) is 10.1 Å². The number of fused-ring (bicyclic) bond motifs is 2. The van der Waals surface area contributed by atoms with E-state index in [-0.39, 0.29) is 0 Å². The maximum absolute atomic E-state index is 12.7. The fourth-order valence-electron chi connectivity index (χ4n) is 3.11. The number of carbonyl (C=O) groups is 1. The molecule has 0 aromatic heterocycles. The van der Waals surface area contributed by atoms with Crippen molar-refractivity contribution in [1.82, 2.24) is 5.32 Å². The summed E-state index contributed by atoms with van der Waals surface area (Å²) in [7, 11) is -5.82. The van der Waals surface area contributed by atoms with Crippen molar-refractivity contribution < 1.29 is 31.3 Å². The summed E-state index contributed by atoms with van der Waals surface area (Å²) in [4.78, 5) is 11.2. The van der Waals surface area contributed by atoms with E-state index in [9.17, 15) is 26.5 Å². The Balaban J connectivity index is 1.71. The molecule has 2 saturated carbocycles. The smallest absolute Gasteiger partial charge is 0.407 e. The van der Waals surface area contributed by atoms with Gasteiger partial charge in [-0.3, -0.25) is 0 Å². The van der Waals surface area contributed by atoms with E-state index in [4.69, 9.17) is 0 Å². The van der Waals surface area contributed by atoms with Gasteiger partial charge >= 0.3 is 11.3 Å². The van der Waals surface area contributed by atoms with Gasteiger partial charge in [0.15, 0.2) is 16.7 Å². The van der Waals surface area contributed by atoms with Crippen molar-refractivity contribution in [2.75, 3.05) is 13.2 Å². The SMILES string of the molecule is O=C(NCC1CC2CCC1C2)OCC(F)(F)S(=O)(=O)[O-]. The monoisotopic (exact) mass is 312 g/mol. The number of nitrogens with one attached hydrogen (secondary N) is 1. The minimum atomic E-state index is -5.82. The summed E-state index contributed by atoms with van der Waals surface area (Å²) < 4.78 is 60.2. The first-order valence-corrected chi connectivity index (χ1v) is 7.84. The molecule has 9 heteroatoms. The molecule has 3 atom stereocenters. The fourth-order valence-corrected chi connectivity index (χ4v) is 3.32. The highest BCUT2D eigenvalue weighted by molar-refractivity contribution is 7.86. The molecule has 2 aliphatic rings. The van der Waals surface area contributed by atoms with Crippen molar-refractivity contribution in [2.24, 2.45) is 17.8 Å². The van der Waals surface area contributed by atoms with Crippen LogP contribution in [0.5, 0.6) is 0 Å². The molecule has 0 saturated heterocycles. The van der Waals surface area contributed by atoms with Gasteiger partial charge in [-0.15, -0.1) is 0 Å². The number of halogens is 2. The van der Waals surface area contributed by atoms with Gasteiger partial charge in [-0.05, 0) is 37.0 Å². The predicted octanol–water partition coefficient (Wildman–Crippen LogP) is 1.29. The Morgan fingerprint density at radius 1 is 1.35 bits per heavy atom. The second-order valence-electron chi connectivity index (χ2n) is 5.48. The second kappa shape index (κ2) is 5.44. The van der Waals surface area contributed by atoms with Crippen LogP contribution in [0.15, 0.2) is 0 Å². The maximum atomic E-state index is 12.7. The van der Waals surface area contributed by atoms with Crippen LogP contribution in [-0.4, -0.2) is 37.5 Å². The van der Waals surface area contributed by atoms with Crippen LogP contribution in [0.25, 0.3) is 0 Å². The molecule has 1 amide bonds. The fraction of sp³-hybridized carbons (Fsp3) is 0.909. The van der Waals surface area contributed by atoms with E-state index < -0.39 is 28.1 Å². The molecule has 2 bridgehead atoms. The van der Waals surface area contributed by atoms with E-state index in [1.54, 1.807) is 0 Å². The topological polar surface area (TPSA) is 95.5 Å². The highest BCUT2D eigenvalue weighted by Gasteiger charge is 2.41. The van der Waals surface area contributed by atoms with Gasteiger partial charge in [-0.2, -0.15) is 8.78 Å². The van der Waals surface area contributed by atoms with Gasteiger partial charge < -0.3 is 14.6 Å². The standard InChI is InChI=1S/C11H17F2NO5S/c12-11(13,20(16,17)18)6-19-10(15)14-5-9-4-7-1-2-8(9)3-7/h7-9H,1-6H2,(H,14,15)(H,16,17,18)/p-1. The van der Waals surface area contributed by atoms with Gasteiger partial charge in [0.2, 0.25) is 0 Å². The van der Waals surface area contributed by atoms with E-state index in [0.29, 0.717) is 24.3 Å². The Bertz CT molecular complexity index is 481. The van der Waals surface area contributed by atoms with Crippen LogP contribution < -0.4 is 5.32 Å². The van der Waals surface area contributed by atoms with Gasteiger partial charge in [-0.25, -0.2) is 13.2 Å². The van der Waals surface area contributed by atoms with Crippen LogP contribution in [-0.2, 0) is 14.9 Å². The summed E-state index contributed by atoms with van der Waals surface area (Å²) in [6.07, 6.45) is 3.36. The number of hydrogen-bond donors (Lipinski definition) is 1. The molecular weight excluding hydrogens is 296 g/mol. The molecule has 6 nitrogen and oxygen atoms in total. The predicted molar refractivity (Wildman–Crippen MR) is 62.9 cm³/mol. The Kier molecular flexibility index (Phi) is 4.19. The van der Waals surface area contributed by atoms with Gasteiger partial charge in [0.1, 0.15) is 0 Å². The molecule has 0 spiro atoms. The number of hydrogen-bond acceptors (Lipinski definition) is 5. The number of alkyl carbamates (subject to hydrolysis) is 1. The van der Waals surface area contributed by atoms with Crippen molar-refractivity contribution in [3.8, 4) is 0 Å². The lowest BCUT2D eigenvalue weighted by atomic mass is 9.89. The summed E-state index contributed by atoms with van der Waals surface area (Å²) >= 11 is 0. The zero-order valence-corrected chi connectivity index (χ0v) is 11.5. The van der Waals surface area contributed by atoms with Crippen molar-refractivity contribution in [1.29, 1.82) is 0 Å². The quantitative estimate of drug-likeness (QED) is 0.772. The Hall–Kier alpha value is -0.960. The highest BCUT2D eigenvalue weighted by atomic mass is 32.2. The minimum absolute atomic E-state index is 0.324. The number of amides is 1. The molecule has 0 aromatic carbocycles. The van der Waals surface area contributed by atoms with Gasteiger partial charge in [0, 0.05) is 6.54 Å². The molecule has 0 aliphatic heterocycles. The zero-order chi connectivity index (χ0) is 15.0. The molecule has 2 rings (SSSR count). The normalized spacial score (nSPS) is 29.4. The van der Waals surface area contributed by atoms with Crippen LogP contribution in [0.4, 0.5) is 13.6 Å². The Labute approximate surface area is 115 Å². The molecule has 3 unspecified atom stereocenters. The molecule has 0 aromatic rings. The third-order valence-corrected chi connectivity index (χ3v) is 4.98. The summed E-state index contributed by atoms with van der Waals surface area (Å²) in [6, 6.07) is 0. The third-order valence-electron chi connectivity index (χ3n) is 4.13. The highest BCUT2D eigenvalue weighted by Crippen LogP contribution is 2.47. The van der Waals surface area contributed by atoms with Gasteiger partial charge in [0.25, 0.3) is 0 Å². The van der Waals surface area contributed by atoms with Crippen LogP contribution in [0.1, 0.15) is 25.7 Å². The molecule has 20 heavy (non-hydrogen) atoms. The molecular formula is C11H16F2NO5S-. The van der Waals surface area contributed by atoms with Gasteiger partial charge in [0.05, 0.1) is 0 Å². The van der Waals surface area contributed by atoms with Gasteiger partial charge in [-0.1, -0.05) is 6.42 Å². The molecule has 2 fully saturated rings. The first-order chi connectivity index (χ1) is 9.19. The van der Waals surface area contributed by atoms with Crippen LogP contribution in [0.3, 0.4) is 0 Å². The number of alkyl halides is 2. The number of rotatable bonds is 5. The first-order valence-electron chi connectivity index (χ1n) is 6.43. The van der Waals surface area contributed by atoms with Crippen LogP contribution in [0.2, 0.25) is 0 Å². The first kappa shape index (κ1) is 15.4. The molecule has 0 heterocycles. The Morgan fingerprint density at radius 2 is 2.05 bits per heavy atom. The molecule has 2 aliphatic carbocycles. The summed E-state index contributed by atoms with van der Waals surface area (Å²) in [5.41, 5.74) is 0. The minimum Gasteiger partial charge on any atom is -0.743 e. The van der Waals surface area contributed by atoms with Crippen molar-refractivity contribution in [2.45, 2.75) is 30.9 Å². The van der Waals surface area contributed by atoms with Crippen molar-refractivity contribution >= 4 is 16.2 Å². The second-order valence-corrected chi connectivity index (χ2v) is 6.99. The van der Waals surface area contributed by atoms with Crippen LogP contribution in [0, 0.1) is 17.8 Å². The third kappa shape index (κ3) is 3.38. The summed E-state index contributed by atoms with van der Waals surface area (Å²) in [5.74, 6) is 1.58. The lowest BCUT2D eigenvalue weighted by molar-refractivity contribution is 0.00634. The van der Waals surface area contributed by atoms with Crippen molar-refractivity contribution in [3.63, 3.8) is 0 Å². The maximum Gasteiger partial charge on any atom is 0.407 e. The lowest BCUT2D eigenvalue weighted by Gasteiger charge is -2.22. The average molecular weight is 312 g/mol. The summed E-state index contributed by atoms with van der Waals surface area (Å²) in [5, 5.41) is -2.26. The van der Waals surface area contributed by atoms with E-state index in [1.165, 1.54) is 6.42 Å². The Morgan fingerprint density at radius 3 is 2.55 bits per heavy atom. The zero-order valence-electron chi connectivity index (χ0n) is 10.7. The number of ether oxygens (including phenoxy) is 1. The molecule has 0 radical (unpaired) electrons. The molecule has 116 valence electrons.